The van der Waals surface area contributed by atoms with Gasteiger partial charge in [-0.15, -0.1) is 0 Å². The van der Waals surface area contributed by atoms with E-state index in [1.165, 1.54) is 11.3 Å². The van der Waals surface area contributed by atoms with Crippen molar-refractivity contribution in [3.05, 3.63) is 60.2 Å². The van der Waals surface area contributed by atoms with E-state index >= 15 is 0 Å². The minimum absolute atomic E-state index is 0.0286. The van der Waals surface area contributed by atoms with Gasteiger partial charge in [0.05, 0.1) is 6.54 Å². The molecule has 2 aromatic rings. The van der Waals surface area contributed by atoms with Crippen molar-refractivity contribution < 1.29 is 4.79 Å². The predicted molar refractivity (Wildman–Crippen MR) is 106 cm³/mol. The van der Waals surface area contributed by atoms with Crippen LogP contribution in [0.15, 0.2) is 54.6 Å². The van der Waals surface area contributed by atoms with Crippen molar-refractivity contribution in [3.63, 3.8) is 0 Å². The molecule has 0 radical (unpaired) electrons. The van der Waals surface area contributed by atoms with Crippen molar-refractivity contribution in [2.45, 2.75) is 26.7 Å². The van der Waals surface area contributed by atoms with E-state index in [2.05, 4.69) is 53.6 Å². The molecule has 4 heteroatoms. The van der Waals surface area contributed by atoms with Gasteiger partial charge in [-0.2, -0.15) is 0 Å². The Morgan fingerprint density at radius 1 is 0.960 bits per heavy atom. The highest BCUT2D eigenvalue weighted by Crippen LogP contribution is 2.17. The fourth-order valence-electron chi connectivity index (χ4n) is 2.79. The van der Waals surface area contributed by atoms with Crippen LogP contribution in [0.3, 0.4) is 0 Å². The highest BCUT2D eigenvalue weighted by molar-refractivity contribution is 5.80. The van der Waals surface area contributed by atoms with Gasteiger partial charge < -0.3 is 15.5 Å². The van der Waals surface area contributed by atoms with Crippen molar-refractivity contribution in [1.82, 2.24) is 5.32 Å². The first-order chi connectivity index (χ1) is 12.2. The molecule has 0 bridgehead atoms. The van der Waals surface area contributed by atoms with Gasteiger partial charge in [-0.05, 0) is 56.5 Å². The van der Waals surface area contributed by atoms with Gasteiger partial charge in [-0.1, -0.05) is 30.3 Å². The zero-order valence-electron chi connectivity index (χ0n) is 15.3. The zero-order chi connectivity index (χ0) is 17.9. The molecular weight excluding hydrogens is 310 g/mol. The summed E-state index contributed by atoms with van der Waals surface area (Å²) in [7, 11) is 0. The molecule has 0 aliphatic heterocycles. The van der Waals surface area contributed by atoms with Crippen LogP contribution >= 0.6 is 0 Å². The molecule has 134 valence electrons. The maximum Gasteiger partial charge on any atom is 0.239 e. The summed E-state index contributed by atoms with van der Waals surface area (Å²) in [6, 6.07) is 18.6. The van der Waals surface area contributed by atoms with Gasteiger partial charge in [0.1, 0.15) is 0 Å². The van der Waals surface area contributed by atoms with Crippen molar-refractivity contribution in [1.29, 1.82) is 0 Å². The molecule has 0 aliphatic carbocycles. The Labute approximate surface area is 151 Å². The Kier molecular flexibility index (Phi) is 7.83. The molecule has 4 nitrogen and oxygen atoms in total. The SMILES string of the molecule is CCN(CC)c1ccc(NCC(=O)NCCCc2ccccc2)cc1. The van der Waals surface area contributed by atoms with Crippen LogP contribution < -0.4 is 15.5 Å². The maximum absolute atomic E-state index is 11.9. The molecule has 1 amide bonds. The van der Waals surface area contributed by atoms with Crippen LogP contribution in [-0.2, 0) is 11.2 Å². The van der Waals surface area contributed by atoms with Crippen molar-refractivity contribution >= 4 is 17.3 Å². The number of aryl methyl sites for hydroxylation is 1. The zero-order valence-corrected chi connectivity index (χ0v) is 15.3. The Morgan fingerprint density at radius 2 is 1.64 bits per heavy atom. The predicted octanol–water partition coefficient (Wildman–Crippen LogP) is 3.69. The Morgan fingerprint density at radius 3 is 2.28 bits per heavy atom. The second-order valence-corrected chi connectivity index (χ2v) is 6.01. The maximum atomic E-state index is 11.9. The lowest BCUT2D eigenvalue weighted by Crippen LogP contribution is -2.30. The number of carbonyl (C=O) groups is 1. The van der Waals surface area contributed by atoms with Crippen molar-refractivity contribution in [2.24, 2.45) is 0 Å². The minimum Gasteiger partial charge on any atom is -0.376 e. The summed E-state index contributed by atoms with van der Waals surface area (Å²) in [6.45, 7) is 7.30. The van der Waals surface area contributed by atoms with Gasteiger partial charge >= 0.3 is 0 Å². The lowest BCUT2D eigenvalue weighted by atomic mass is 10.1. The van der Waals surface area contributed by atoms with Gasteiger partial charge in [0.2, 0.25) is 5.91 Å². The largest absolute Gasteiger partial charge is 0.376 e. The van der Waals surface area contributed by atoms with Crippen LogP contribution in [0.5, 0.6) is 0 Å². The van der Waals surface area contributed by atoms with E-state index in [-0.39, 0.29) is 5.91 Å². The molecule has 0 aliphatic rings. The normalized spacial score (nSPS) is 10.3. The Bertz CT molecular complexity index is 621. The molecule has 0 spiro atoms. The van der Waals surface area contributed by atoms with E-state index in [1.807, 2.05) is 30.3 Å². The van der Waals surface area contributed by atoms with E-state index in [4.69, 9.17) is 0 Å². The second-order valence-electron chi connectivity index (χ2n) is 6.01. The van der Waals surface area contributed by atoms with Crippen LogP contribution in [0.1, 0.15) is 25.8 Å². The van der Waals surface area contributed by atoms with Gasteiger partial charge in [0.25, 0.3) is 0 Å². The lowest BCUT2D eigenvalue weighted by molar-refractivity contribution is -0.119. The van der Waals surface area contributed by atoms with Crippen molar-refractivity contribution in [3.8, 4) is 0 Å². The van der Waals surface area contributed by atoms with Crippen LogP contribution in [0, 0.1) is 0 Å². The third kappa shape index (κ3) is 6.49. The van der Waals surface area contributed by atoms with Crippen LogP contribution in [0.2, 0.25) is 0 Å². The van der Waals surface area contributed by atoms with Gasteiger partial charge in [-0.25, -0.2) is 0 Å². The first kappa shape index (κ1) is 18.8. The number of hydrogen-bond acceptors (Lipinski definition) is 3. The fourth-order valence-corrected chi connectivity index (χ4v) is 2.79. The monoisotopic (exact) mass is 339 g/mol. The smallest absolute Gasteiger partial charge is 0.239 e. The minimum atomic E-state index is 0.0286. The third-order valence-corrected chi connectivity index (χ3v) is 4.26. The van der Waals surface area contributed by atoms with E-state index < -0.39 is 0 Å². The fraction of sp³-hybridized carbons (Fsp3) is 0.381. The number of amides is 1. The number of nitrogens with one attached hydrogen (secondary N) is 2. The molecule has 0 atom stereocenters. The van der Waals surface area contributed by atoms with E-state index in [0.29, 0.717) is 13.1 Å². The summed E-state index contributed by atoms with van der Waals surface area (Å²) in [5.41, 5.74) is 3.49. The molecule has 0 fully saturated rings. The molecule has 25 heavy (non-hydrogen) atoms. The summed E-state index contributed by atoms with van der Waals surface area (Å²) in [4.78, 5) is 14.2. The molecule has 2 rings (SSSR count). The van der Waals surface area contributed by atoms with E-state index in [0.717, 1.165) is 31.6 Å². The molecule has 0 heterocycles. The highest BCUT2D eigenvalue weighted by atomic mass is 16.1. The lowest BCUT2D eigenvalue weighted by Gasteiger charge is -2.21. The molecule has 2 aromatic carbocycles. The van der Waals surface area contributed by atoms with Gasteiger partial charge in [0.15, 0.2) is 0 Å². The van der Waals surface area contributed by atoms with E-state index in [9.17, 15) is 4.79 Å². The number of nitrogens with zero attached hydrogens (tertiary/aromatic N) is 1. The standard InChI is InChI=1S/C21H29N3O/c1-3-24(4-2)20-14-12-19(13-15-20)23-17-21(25)22-16-8-11-18-9-6-5-7-10-18/h5-7,9-10,12-15,23H,3-4,8,11,16-17H2,1-2H3,(H,22,25). The van der Waals surface area contributed by atoms with Crippen LogP contribution in [0.25, 0.3) is 0 Å². The Hall–Kier alpha value is -2.49. The number of carbonyl (C=O) groups excluding carboxylic acids is 1. The number of benzene rings is 2. The van der Waals surface area contributed by atoms with Gasteiger partial charge in [0, 0.05) is 31.0 Å². The molecule has 0 unspecified atom stereocenters. The summed E-state index contributed by atoms with van der Waals surface area (Å²) < 4.78 is 0. The van der Waals surface area contributed by atoms with Crippen LogP contribution in [-0.4, -0.2) is 32.1 Å². The van der Waals surface area contributed by atoms with E-state index in [1.54, 1.807) is 0 Å². The second kappa shape index (κ2) is 10.4. The average molecular weight is 339 g/mol. The van der Waals surface area contributed by atoms with Gasteiger partial charge in [-0.3, -0.25) is 4.79 Å². The first-order valence-corrected chi connectivity index (χ1v) is 9.12. The molecule has 2 N–H and O–H groups in total. The number of hydrogen-bond donors (Lipinski definition) is 2. The highest BCUT2D eigenvalue weighted by Gasteiger charge is 2.03. The number of anilines is 2. The molecule has 0 saturated carbocycles. The summed E-state index contributed by atoms with van der Waals surface area (Å²) in [6.07, 6.45) is 1.94. The summed E-state index contributed by atoms with van der Waals surface area (Å²) in [5.74, 6) is 0.0286. The first-order valence-electron chi connectivity index (χ1n) is 9.12. The van der Waals surface area contributed by atoms with Crippen molar-refractivity contribution in [2.75, 3.05) is 36.4 Å². The number of rotatable bonds is 10. The average Bonchev–Trinajstić information content (AvgIpc) is 2.66. The topological polar surface area (TPSA) is 44.4 Å². The Balaban J connectivity index is 1.66. The van der Waals surface area contributed by atoms with Crippen LogP contribution in [0.4, 0.5) is 11.4 Å². The molecular formula is C21H29N3O. The summed E-state index contributed by atoms with van der Waals surface area (Å²) in [5, 5.41) is 6.14. The quantitative estimate of drug-likeness (QED) is 0.649. The molecule has 0 saturated heterocycles. The summed E-state index contributed by atoms with van der Waals surface area (Å²) >= 11 is 0. The molecule has 0 aromatic heterocycles. The third-order valence-electron chi connectivity index (χ3n) is 4.26.